The maximum absolute atomic E-state index is 12.4. The fraction of sp³-hybridized carbons (Fsp3) is 0.526. The van der Waals surface area contributed by atoms with E-state index in [0.717, 1.165) is 0 Å². The van der Waals surface area contributed by atoms with E-state index >= 15 is 0 Å². The standard InChI is InChI=1S/C19H26N2O6/c1-11(2)14(20-17(23)27-19(3,4)5)15-16(22)26-18(24)21(15)12-7-9-13(25-6)10-8-12/h7-11,14-15H,1-6H3,(H,20,23)/t14-,15+/m0/s1. The van der Waals surface area contributed by atoms with Gasteiger partial charge in [0, 0.05) is 5.69 Å². The van der Waals surface area contributed by atoms with Crippen LogP contribution in [0.4, 0.5) is 15.3 Å². The molecule has 0 saturated carbocycles. The van der Waals surface area contributed by atoms with Crippen molar-refractivity contribution in [1.82, 2.24) is 5.32 Å². The zero-order valence-corrected chi connectivity index (χ0v) is 16.4. The highest BCUT2D eigenvalue weighted by atomic mass is 16.6. The fourth-order valence-corrected chi connectivity index (χ4v) is 2.78. The minimum absolute atomic E-state index is 0.165. The molecule has 0 unspecified atom stereocenters. The van der Waals surface area contributed by atoms with Crippen molar-refractivity contribution in [3.8, 4) is 5.75 Å². The summed E-state index contributed by atoms with van der Waals surface area (Å²) in [6.07, 6.45) is -1.45. The molecule has 0 aromatic heterocycles. The van der Waals surface area contributed by atoms with Crippen molar-refractivity contribution in [2.24, 2.45) is 5.92 Å². The normalized spacial score (nSPS) is 18.3. The predicted octanol–water partition coefficient (Wildman–Crippen LogP) is 3.10. The Hall–Kier alpha value is -2.77. The molecule has 1 aliphatic heterocycles. The van der Waals surface area contributed by atoms with E-state index in [2.05, 4.69) is 5.32 Å². The van der Waals surface area contributed by atoms with Gasteiger partial charge < -0.3 is 19.5 Å². The number of hydrogen-bond acceptors (Lipinski definition) is 6. The van der Waals surface area contributed by atoms with Gasteiger partial charge in [-0.1, -0.05) is 13.8 Å². The molecule has 2 rings (SSSR count). The quantitative estimate of drug-likeness (QED) is 0.625. The Morgan fingerprint density at radius 1 is 1.19 bits per heavy atom. The Balaban J connectivity index is 2.31. The highest BCUT2D eigenvalue weighted by Crippen LogP contribution is 2.29. The summed E-state index contributed by atoms with van der Waals surface area (Å²) in [7, 11) is 1.53. The minimum atomic E-state index is -1.00. The van der Waals surface area contributed by atoms with Crippen molar-refractivity contribution in [2.45, 2.75) is 52.3 Å². The van der Waals surface area contributed by atoms with Gasteiger partial charge in [-0.3, -0.25) is 4.90 Å². The summed E-state index contributed by atoms with van der Waals surface area (Å²) in [5.41, 5.74) is -0.221. The van der Waals surface area contributed by atoms with Crippen molar-refractivity contribution < 1.29 is 28.6 Å². The first kappa shape index (κ1) is 20.5. The van der Waals surface area contributed by atoms with Crippen LogP contribution in [0.3, 0.4) is 0 Å². The lowest BCUT2D eigenvalue weighted by molar-refractivity contribution is -0.136. The summed E-state index contributed by atoms with van der Waals surface area (Å²) >= 11 is 0. The van der Waals surface area contributed by atoms with Gasteiger partial charge in [-0.05, 0) is 51.0 Å². The molecule has 0 spiro atoms. The zero-order valence-electron chi connectivity index (χ0n) is 16.4. The molecule has 2 atom stereocenters. The van der Waals surface area contributed by atoms with Crippen molar-refractivity contribution in [3.63, 3.8) is 0 Å². The second-order valence-corrected chi connectivity index (χ2v) is 7.62. The number of alkyl carbamates (subject to hydrolysis) is 1. The lowest BCUT2D eigenvalue weighted by Gasteiger charge is -2.31. The summed E-state index contributed by atoms with van der Waals surface area (Å²) in [5.74, 6) is -0.270. The predicted molar refractivity (Wildman–Crippen MR) is 98.7 cm³/mol. The van der Waals surface area contributed by atoms with Gasteiger partial charge in [0.25, 0.3) is 0 Å². The van der Waals surface area contributed by atoms with E-state index in [4.69, 9.17) is 14.2 Å². The molecule has 1 heterocycles. The van der Waals surface area contributed by atoms with Gasteiger partial charge in [0.05, 0.1) is 13.2 Å². The zero-order chi connectivity index (χ0) is 20.4. The van der Waals surface area contributed by atoms with E-state index in [1.165, 1.54) is 12.0 Å². The second kappa shape index (κ2) is 7.85. The Morgan fingerprint density at radius 3 is 2.26 bits per heavy atom. The van der Waals surface area contributed by atoms with E-state index in [1.807, 2.05) is 13.8 Å². The van der Waals surface area contributed by atoms with Crippen molar-refractivity contribution in [3.05, 3.63) is 24.3 Å². The summed E-state index contributed by atoms with van der Waals surface area (Å²) in [6.45, 7) is 8.91. The van der Waals surface area contributed by atoms with Gasteiger partial charge >= 0.3 is 18.2 Å². The van der Waals surface area contributed by atoms with Crippen molar-refractivity contribution in [1.29, 1.82) is 0 Å². The van der Waals surface area contributed by atoms with Crippen LogP contribution in [0.2, 0.25) is 0 Å². The van der Waals surface area contributed by atoms with E-state index in [9.17, 15) is 14.4 Å². The molecule has 8 heteroatoms. The third-order valence-corrected chi connectivity index (χ3v) is 4.00. The molecule has 27 heavy (non-hydrogen) atoms. The second-order valence-electron chi connectivity index (χ2n) is 7.62. The maximum Gasteiger partial charge on any atom is 0.422 e. The first-order valence-corrected chi connectivity index (χ1v) is 8.72. The smallest absolute Gasteiger partial charge is 0.422 e. The molecule has 1 N–H and O–H groups in total. The van der Waals surface area contributed by atoms with Crippen LogP contribution in [0.25, 0.3) is 0 Å². The number of amides is 2. The number of methoxy groups -OCH3 is 1. The van der Waals surface area contributed by atoms with Crippen LogP contribution in [0.1, 0.15) is 34.6 Å². The molecule has 8 nitrogen and oxygen atoms in total. The van der Waals surface area contributed by atoms with Gasteiger partial charge in [-0.2, -0.15) is 0 Å². The van der Waals surface area contributed by atoms with Crippen LogP contribution in [0.5, 0.6) is 5.75 Å². The molecule has 148 valence electrons. The minimum Gasteiger partial charge on any atom is -0.497 e. The third-order valence-electron chi connectivity index (χ3n) is 4.00. The molecule has 0 aliphatic carbocycles. The Kier molecular flexibility index (Phi) is 5.98. The summed E-state index contributed by atoms with van der Waals surface area (Å²) < 4.78 is 15.2. The van der Waals surface area contributed by atoms with Gasteiger partial charge in [0.1, 0.15) is 11.4 Å². The van der Waals surface area contributed by atoms with E-state index in [0.29, 0.717) is 11.4 Å². The van der Waals surface area contributed by atoms with Crippen LogP contribution in [-0.2, 0) is 14.3 Å². The van der Waals surface area contributed by atoms with Crippen LogP contribution >= 0.6 is 0 Å². The molecular weight excluding hydrogens is 352 g/mol. The summed E-state index contributed by atoms with van der Waals surface area (Å²) in [6, 6.07) is 4.95. The number of carbonyl (C=O) groups excluding carboxylic acids is 3. The molecule has 1 aliphatic rings. The fourth-order valence-electron chi connectivity index (χ4n) is 2.78. The number of rotatable bonds is 5. The number of nitrogens with one attached hydrogen (secondary N) is 1. The van der Waals surface area contributed by atoms with E-state index in [1.54, 1.807) is 45.0 Å². The number of hydrogen-bond donors (Lipinski definition) is 1. The van der Waals surface area contributed by atoms with E-state index in [-0.39, 0.29) is 5.92 Å². The number of benzene rings is 1. The monoisotopic (exact) mass is 378 g/mol. The molecule has 1 aromatic carbocycles. The van der Waals surface area contributed by atoms with Crippen molar-refractivity contribution in [2.75, 3.05) is 12.0 Å². The van der Waals surface area contributed by atoms with Crippen LogP contribution in [0.15, 0.2) is 24.3 Å². The molecular formula is C19H26N2O6. The van der Waals surface area contributed by atoms with Crippen LogP contribution in [0, 0.1) is 5.92 Å². The third kappa shape index (κ3) is 4.90. The number of anilines is 1. The van der Waals surface area contributed by atoms with Crippen LogP contribution < -0.4 is 15.0 Å². The molecule has 1 fully saturated rings. The number of carbonyl (C=O) groups is 3. The largest absolute Gasteiger partial charge is 0.497 e. The number of cyclic esters (lactones) is 2. The lowest BCUT2D eigenvalue weighted by Crippen LogP contribution is -2.55. The number of ether oxygens (including phenoxy) is 3. The lowest BCUT2D eigenvalue weighted by atomic mass is 9.95. The van der Waals surface area contributed by atoms with E-state index < -0.39 is 35.8 Å². The highest BCUT2D eigenvalue weighted by Gasteiger charge is 2.48. The van der Waals surface area contributed by atoms with Gasteiger partial charge in [0.15, 0.2) is 6.04 Å². The number of nitrogens with zero attached hydrogens (tertiary/aromatic N) is 1. The average Bonchev–Trinajstić information content (AvgIpc) is 2.84. The number of esters is 1. The van der Waals surface area contributed by atoms with Gasteiger partial charge in [-0.25, -0.2) is 14.4 Å². The molecule has 1 aromatic rings. The average molecular weight is 378 g/mol. The first-order valence-electron chi connectivity index (χ1n) is 8.72. The van der Waals surface area contributed by atoms with Crippen molar-refractivity contribution >= 4 is 23.8 Å². The Labute approximate surface area is 158 Å². The SMILES string of the molecule is COc1ccc(N2C(=O)OC(=O)[C@H]2[C@@H](NC(=O)OC(C)(C)C)C(C)C)cc1. The van der Waals surface area contributed by atoms with Crippen LogP contribution in [-0.4, -0.2) is 43.0 Å². The summed E-state index contributed by atoms with van der Waals surface area (Å²) in [5, 5.41) is 2.71. The molecule has 0 bridgehead atoms. The van der Waals surface area contributed by atoms with Gasteiger partial charge in [-0.15, -0.1) is 0 Å². The molecule has 0 radical (unpaired) electrons. The molecule has 1 saturated heterocycles. The highest BCUT2D eigenvalue weighted by molar-refractivity contribution is 6.07. The Bertz CT molecular complexity index is 708. The first-order chi connectivity index (χ1) is 12.5. The maximum atomic E-state index is 12.4. The Morgan fingerprint density at radius 2 is 1.78 bits per heavy atom. The molecule has 2 amide bonds. The topological polar surface area (TPSA) is 94.2 Å². The van der Waals surface area contributed by atoms with Gasteiger partial charge in [0.2, 0.25) is 0 Å². The summed E-state index contributed by atoms with van der Waals surface area (Å²) in [4.78, 5) is 38.2.